The fraction of sp³-hybridized carbons (Fsp3) is 0.409. The predicted octanol–water partition coefficient (Wildman–Crippen LogP) is 2.55. The third kappa shape index (κ3) is 7.36. The highest BCUT2D eigenvalue weighted by Crippen LogP contribution is 2.20. The van der Waals surface area contributed by atoms with E-state index < -0.39 is 29.4 Å². The molecule has 1 heterocycles. The van der Waals surface area contributed by atoms with Gasteiger partial charge in [0.15, 0.2) is 0 Å². The van der Waals surface area contributed by atoms with Crippen LogP contribution in [0.25, 0.3) is 0 Å². The molecule has 0 spiro atoms. The molecule has 9 heteroatoms. The van der Waals surface area contributed by atoms with Crippen LogP contribution in [0.5, 0.6) is 5.88 Å². The summed E-state index contributed by atoms with van der Waals surface area (Å²) in [7, 11) is 1.27. The van der Waals surface area contributed by atoms with E-state index in [-0.39, 0.29) is 30.4 Å². The number of nitrogens with zero attached hydrogens (tertiary/aromatic N) is 2. The fourth-order valence-electron chi connectivity index (χ4n) is 2.39. The van der Waals surface area contributed by atoms with E-state index in [2.05, 4.69) is 20.0 Å². The smallest absolute Gasteiger partial charge is 0.345 e. The van der Waals surface area contributed by atoms with E-state index in [4.69, 9.17) is 9.47 Å². The lowest BCUT2D eigenvalue weighted by Gasteiger charge is -2.20. The highest BCUT2D eigenvalue weighted by molar-refractivity contribution is 5.94. The molecular formula is C22H27N3O6. The molecule has 0 bridgehead atoms. The van der Waals surface area contributed by atoms with Crippen molar-refractivity contribution in [2.24, 2.45) is 5.92 Å². The average Bonchev–Trinajstić information content (AvgIpc) is 2.74. The molecule has 1 atom stereocenters. The van der Waals surface area contributed by atoms with Crippen LogP contribution in [0.15, 0.2) is 36.5 Å². The van der Waals surface area contributed by atoms with E-state index in [1.54, 1.807) is 27.7 Å². The Kier molecular flexibility index (Phi) is 8.07. The van der Waals surface area contributed by atoms with Gasteiger partial charge in [-0.05, 0) is 26.3 Å². The van der Waals surface area contributed by atoms with Gasteiger partial charge in [0.25, 0.3) is 5.91 Å². The van der Waals surface area contributed by atoms with Crippen molar-refractivity contribution in [2.45, 2.75) is 39.9 Å². The maximum atomic E-state index is 12.6. The fourth-order valence-corrected chi connectivity index (χ4v) is 2.39. The summed E-state index contributed by atoms with van der Waals surface area (Å²) in [4.78, 5) is 44.6. The molecule has 1 N–H and O–H groups in total. The summed E-state index contributed by atoms with van der Waals surface area (Å²) in [6, 6.07) is 9.30. The van der Waals surface area contributed by atoms with Crippen molar-refractivity contribution >= 4 is 17.8 Å². The Bertz CT molecular complexity index is 925. The van der Waals surface area contributed by atoms with Gasteiger partial charge in [-0.2, -0.15) is 4.98 Å². The maximum Gasteiger partial charge on any atom is 0.345 e. The van der Waals surface area contributed by atoms with Gasteiger partial charge in [-0.1, -0.05) is 37.3 Å². The summed E-state index contributed by atoms with van der Waals surface area (Å²) in [6.45, 7) is 7.01. The Morgan fingerprint density at radius 2 is 1.81 bits per heavy atom. The zero-order valence-electron chi connectivity index (χ0n) is 18.3. The van der Waals surface area contributed by atoms with E-state index in [0.29, 0.717) is 0 Å². The van der Waals surface area contributed by atoms with Crippen molar-refractivity contribution in [3.8, 4) is 5.88 Å². The van der Waals surface area contributed by atoms with Crippen LogP contribution in [0.3, 0.4) is 0 Å². The second kappa shape index (κ2) is 10.5. The quantitative estimate of drug-likeness (QED) is 0.637. The number of nitrogens with one attached hydrogen (secondary N) is 1. The first-order chi connectivity index (χ1) is 14.6. The molecule has 2 rings (SSSR count). The highest BCUT2D eigenvalue weighted by Gasteiger charge is 2.25. The number of ether oxygens (including phenoxy) is 3. The van der Waals surface area contributed by atoms with Crippen molar-refractivity contribution < 1.29 is 28.6 Å². The summed E-state index contributed by atoms with van der Waals surface area (Å²) >= 11 is 0. The molecule has 166 valence electrons. The van der Waals surface area contributed by atoms with Gasteiger partial charge in [0.05, 0.1) is 13.0 Å². The molecule has 9 nitrogen and oxygen atoms in total. The number of hydrogen-bond acceptors (Lipinski definition) is 8. The van der Waals surface area contributed by atoms with Crippen LogP contribution in [-0.4, -0.2) is 47.1 Å². The Morgan fingerprint density at radius 3 is 2.42 bits per heavy atom. The zero-order valence-corrected chi connectivity index (χ0v) is 18.3. The first-order valence-corrected chi connectivity index (χ1v) is 9.74. The van der Waals surface area contributed by atoms with Crippen molar-refractivity contribution in [2.75, 3.05) is 13.7 Å². The van der Waals surface area contributed by atoms with Gasteiger partial charge < -0.3 is 19.5 Å². The van der Waals surface area contributed by atoms with Gasteiger partial charge in [0.2, 0.25) is 11.7 Å². The van der Waals surface area contributed by atoms with Crippen LogP contribution in [0, 0.1) is 5.92 Å². The first-order valence-electron chi connectivity index (χ1n) is 9.74. The summed E-state index contributed by atoms with van der Waals surface area (Å²) in [5.41, 5.74) is 0.132. The van der Waals surface area contributed by atoms with E-state index in [0.717, 1.165) is 5.56 Å². The second-order valence-electron chi connectivity index (χ2n) is 7.82. The Hall–Kier alpha value is -3.49. The number of aromatic nitrogens is 2. The molecular weight excluding hydrogens is 402 g/mol. The number of rotatable bonds is 8. The molecule has 0 aliphatic carbocycles. The number of methoxy groups -OCH3 is 1. The van der Waals surface area contributed by atoms with Crippen molar-refractivity contribution in [1.29, 1.82) is 0 Å². The first kappa shape index (κ1) is 23.8. The van der Waals surface area contributed by atoms with Gasteiger partial charge in [0.1, 0.15) is 17.8 Å². The van der Waals surface area contributed by atoms with Crippen LogP contribution >= 0.6 is 0 Å². The van der Waals surface area contributed by atoms with Gasteiger partial charge in [-0.25, -0.2) is 9.78 Å². The van der Waals surface area contributed by atoms with Crippen LogP contribution < -0.4 is 10.1 Å². The van der Waals surface area contributed by atoms with Crippen LogP contribution in [0.1, 0.15) is 54.2 Å². The monoisotopic (exact) mass is 429 g/mol. The highest BCUT2D eigenvalue weighted by atomic mass is 16.6. The molecule has 0 aliphatic rings. The Balaban J connectivity index is 2.23. The third-order valence-electron chi connectivity index (χ3n) is 3.97. The molecule has 0 saturated carbocycles. The number of amides is 1. The zero-order chi connectivity index (χ0) is 23.0. The molecule has 0 fully saturated rings. The lowest BCUT2D eigenvalue weighted by molar-refractivity contribution is -0.144. The molecule has 31 heavy (non-hydrogen) atoms. The SMILES string of the molecule is COC(=O)C(C)CNC(=O)c1ncc(C(=O)OC(C)(C)C)c(OCc2ccccc2)n1. The lowest BCUT2D eigenvalue weighted by Crippen LogP contribution is -2.33. The number of esters is 2. The molecule has 0 aliphatic heterocycles. The topological polar surface area (TPSA) is 117 Å². The van der Waals surface area contributed by atoms with E-state index in [1.165, 1.54) is 13.3 Å². The number of hydrogen-bond donors (Lipinski definition) is 1. The van der Waals surface area contributed by atoms with Crippen molar-refractivity contribution in [3.05, 3.63) is 53.5 Å². The van der Waals surface area contributed by atoms with Crippen molar-refractivity contribution in [1.82, 2.24) is 15.3 Å². The van der Waals surface area contributed by atoms with E-state index >= 15 is 0 Å². The summed E-state index contributed by atoms with van der Waals surface area (Å²) in [5, 5.41) is 2.57. The molecule has 2 aromatic rings. The summed E-state index contributed by atoms with van der Waals surface area (Å²) < 4.78 is 15.7. The largest absolute Gasteiger partial charge is 0.472 e. The third-order valence-corrected chi connectivity index (χ3v) is 3.97. The predicted molar refractivity (Wildman–Crippen MR) is 111 cm³/mol. The van der Waals surface area contributed by atoms with Crippen LogP contribution in [-0.2, 0) is 20.9 Å². The maximum absolute atomic E-state index is 12.6. The second-order valence-corrected chi connectivity index (χ2v) is 7.82. The minimum atomic E-state index is -0.728. The molecule has 0 saturated heterocycles. The van der Waals surface area contributed by atoms with E-state index in [9.17, 15) is 14.4 Å². The van der Waals surface area contributed by atoms with E-state index in [1.807, 2.05) is 30.3 Å². The molecule has 1 unspecified atom stereocenters. The lowest BCUT2D eigenvalue weighted by atomic mass is 10.2. The van der Waals surface area contributed by atoms with Crippen molar-refractivity contribution in [3.63, 3.8) is 0 Å². The van der Waals surface area contributed by atoms with Gasteiger partial charge in [-0.15, -0.1) is 0 Å². The van der Waals surface area contributed by atoms with Crippen LogP contribution in [0.4, 0.5) is 0 Å². The Morgan fingerprint density at radius 1 is 1.13 bits per heavy atom. The van der Waals surface area contributed by atoms with Crippen LogP contribution in [0.2, 0.25) is 0 Å². The normalized spacial score (nSPS) is 11.9. The molecule has 1 amide bonds. The average molecular weight is 429 g/mol. The molecule has 1 aromatic heterocycles. The molecule has 0 radical (unpaired) electrons. The molecule has 1 aromatic carbocycles. The Labute approximate surface area is 181 Å². The minimum Gasteiger partial charge on any atom is -0.472 e. The number of carbonyl (C=O) groups is 3. The summed E-state index contributed by atoms with van der Waals surface area (Å²) in [5.74, 6) is -2.54. The van der Waals surface area contributed by atoms with Gasteiger partial charge in [0, 0.05) is 12.7 Å². The number of benzene rings is 1. The van der Waals surface area contributed by atoms with Gasteiger partial charge >= 0.3 is 11.9 Å². The standard InChI is InChI=1S/C22H27N3O6/c1-14(20(27)29-5)11-24-18(26)17-23-12-16(21(28)31-22(2,3)4)19(25-17)30-13-15-9-7-6-8-10-15/h6-10,12,14H,11,13H2,1-5H3,(H,24,26). The minimum absolute atomic E-state index is 0.00494. The van der Waals surface area contributed by atoms with Gasteiger partial charge in [-0.3, -0.25) is 9.59 Å². The number of carbonyl (C=O) groups excluding carboxylic acids is 3. The summed E-state index contributed by atoms with van der Waals surface area (Å²) in [6.07, 6.45) is 1.19.